The Balaban J connectivity index is 0.000000226. The highest BCUT2D eigenvalue weighted by atomic mass is 16.6. The summed E-state index contributed by atoms with van der Waals surface area (Å²) in [5.74, 6) is 0.294. The van der Waals surface area contributed by atoms with Gasteiger partial charge in [0.25, 0.3) is 0 Å². The lowest BCUT2D eigenvalue weighted by molar-refractivity contribution is -0.120. The molecule has 0 saturated carbocycles. The number of hydrogen-bond donors (Lipinski definition) is 2. The van der Waals surface area contributed by atoms with Crippen LogP contribution in [-0.2, 0) is 9.53 Å². The minimum atomic E-state index is -0.662. The van der Waals surface area contributed by atoms with Gasteiger partial charge in [-0.3, -0.25) is 4.79 Å². The third-order valence-electron chi connectivity index (χ3n) is 4.67. The van der Waals surface area contributed by atoms with Crippen molar-refractivity contribution in [1.82, 2.24) is 10.3 Å². The van der Waals surface area contributed by atoms with Crippen molar-refractivity contribution in [3.05, 3.63) is 35.9 Å². The average molecular weight is 426 g/mol. The summed E-state index contributed by atoms with van der Waals surface area (Å²) < 4.78 is 4.96. The second kappa shape index (κ2) is 10.6. The monoisotopic (exact) mass is 425 g/mol. The number of alkyl carbamates (subject to hydrolysis) is 1. The molecule has 1 aliphatic heterocycles. The van der Waals surface area contributed by atoms with Gasteiger partial charge in [0.1, 0.15) is 23.5 Å². The van der Waals surface area contributed by atoms with Crippen LogP contribution in [0.4, 0.5) is 10.6 Å². The molecular weight excluding hydrogens is 394 g/mol. The standard InChI is InChI=1S/C14H13N3.C9H18N2O3/c15-10-12-9-11-5-1-2-6-13(11)16-14(12)17-7-3-4-8-17;1-5-6(7(10)12)11-8(13)14-9(2,3)4/h1-2,5-6,9H,3-4,7-8H2;6H,5H2,1-4H3,(H2,10,12)(H,11,13)/t;6-/m.0/s1. The second-order valence-corrected chi connectivity index (χ2v) is 8.37. The van der Waals surface area contributed by atoms with Crippen molar-refractivity contribution < 1.29 is 14.3 Å². The summed E-state index contributed by atoms with van der Waals surface area (Å²) in [6.07, 6.45) is 2.22. The van der Waals surface area contributed by atoms with Gasteiger partial charge >= 0.3 is 6.09 Å². The van der Waals surface area contributed by atoms with Gasteiger partial charge in [0.2, 0.25) is 5.91 Å². The van der Waals surface area contributed by atoms with Gasteiger partial charge in [0, 0.05) is 18.5 Å². The fourth-order valence-corrected chi connectivity index (χ4v) is 3.18. The van der Waals surface area contributed by atoms with E-state index in [-0.39, 0.29) is 0 Å². The maximum Gasteiger partial charge on any atom is 0.408 e. The molecule has 2 amide bonds. The molecule has 8 heteroatoms. The summed E-state index contributed by atoms with van der Waals surface area (Å²) in [5.41, 5.74) is 6.13. The fraction of sp³-hybridized carbons (Fsp3) is 0.478. The van der Waals surface area contributed by atoms with Crippen molar-refractivity contribution in [3.63, 3.8) is 0 Å². The predicted octanol–water partition coefficient (Wildman–Crippen LogP) is 3.48. The van der Waals surface area contributed by atoms with Crippen molar-refractivity contribution in [3.8, 4) is 6.07 Å². The third kappa shape index (κ3) is 7.14. The van der Waals surface area contributed by atoms with E-state index in [1.165, 1.54) is 12.8 Å². The Morgan fingerprint density at radius 2 is 1.94 bits per heavy atom. The average Bonchev–Trinajstić information content (AvgIpc) is 3.24. The summed E-state index contributed by atoms with van der Waals surface area (Å²) in [7, 11) is 0. The number of nitriles is 1. The minimum Gasteiger partial charge on any atom is -0.444 e. The summed E-state index contributed by atoms with van der Waals surface area (Å²) in [6, 6.07) is 11.5. The highest BCUT2D eigenvalue weighted by molar-refractivity contribution is 5.84. The van der Waals surface area contributed by atoms with E-state index < -0.39 is 23.6 Å². The van der Waals surface area contributed by atoms with E-state index in [9.17, 15) is 14.9 Å². The molecule has 0 unspecified atom stereocenters. The molecule has 2 aromatic rings. The second-order valence-electron chi connectivity index (χ2n) is 8.37. The van der Waals surface area contributed by atoms with Crippen LogP contribution < -0.4 is 16.0 Å². The molecule has 0 spiro atoms. The van der Waals surface area contributed by atoms with E-state index >= 15 is 0 Å². The number of amides is 2. The van der Waals surface area contributed by atoms with Gasteiger partial charge < -0.3 is 20.7 Å². The zero-order chi connectivity index (χ0) is 23.0. The zero-order valence-electron chi connectivity index (χ0n) is 18.6. The Hall–Kier alpha value is -3.34. The van der Waals surface area contributed by atoms with Crippen molar-refractivity contribution >= 4 is 28.7 Å². The summed E-state index contributed by atoms with van der Waals surface area (Å²) in [5, 5.41) is 12.6. The molecule has 1 aromatic heterocycles. The van der Waals surface area contributed by atoms with Gasteiger partial charge in [-0.25, -0.2) is 9.78 Å². The molecular formula is C23H31N5O3. The van der Waals surface area contributed by atoms with Crippen LogP contribution in [0, 0.1) is 11.3 Å². The number of carbonyl (C=O) groups is 2. The number of para-hydroxylation sites is 1. The quantitative estimate of drug-likeness (QED) is 0.773. The first kappa shape index (κ1) is 23.9. The van der Waals surface area contributed by atoms with Crippen molar-refractivity contribution in [1.29, 1.82) is 5.26 Å². The van der Waals surface area contributed by atoms with Gasteiger partial charge in [-0.05, 0) is 52.2 Å². The molecule has 31 heavy (non-hydrogen) atoms. The summed E-state index contributed by atoms with van der Waals surface area (Å²) in [6.45, 7) is 9.03. The zero-order valence-corrected chi connectivity index (χ0v) is 18.6. The molecule has 8 nitrogen and oxygen atoms in total. The number of aromatic nitrogens is 1. The molecule has 0 aliphatic carbocycles. The Morgan fingerprint density at radius 3 is 2.48 bits per heavy atom. The van der Waals surface area contributed by atoms with Crippen LogP contribution in [0.3, 0.4) is 0 Å². The van der Waals surface area contributed by atoms with E-state index in [1.807, 2.05) is 30.3 Å². The number of rotatable bonds is 4. The Morgan fingerprint density at radius 1 is 1.29 bits per heavy atom. The van der Waals surface area contributed by atoms with Gasteiger partial charge in [0.05, 0.1) is 11.1 Å². The van der Waals surface area contributed by atoms with E-state index in [1.54, 1.807) is 27.7 Å². The molecule has 1 saturated heterocycles. The number of nitrogens with zero attached hydrogens (tertiary/aromatic N) is 3. The number of anilines is 1. The molecule has 2 heterocycles. The van der Waals surface area contributed by atoms with Crippen molar-refractivity contribution in [2.45, 2.75) is 58.6 Å². The van der Waals surface area contributed by atoms with Crippen LogP contribution in [0.2, 0.25) is 0 Å². The highest BCUT2D eigenvalue weighted by Gasteiger charge is 2.21. The van der Waals surface area contributed by atoms with Crippen LogP contribution in [0.15, 0.2) is 30.3 Å². The lowest BCUT2D eigenvalue weighted by atomic mass is 10.1. The number of fused-ring (bicyclic) bond motifs is 1. The van der Waals surface area contributed by atoms with Gasteiger partial charge in [-0.15, -0.1) is 0 Å². The summed E-state index contributed by atoms with van der Waals surface area (Å²) in [4.78, 5) is 28.8. The van der Waals surface area contributed by atoms with Crippen LogP contribution in [0.25, 0.3) is 10.9 Å². The van der Waals surface area contributed by atoms with Gasteiger partial charge in [-0.2, -0.15) is 5.26 Å². The molecule has 1 fully saturated rings. The lowest BCUT2D eigenvalue weighted by Gasteiger charge is -2.21. The first-order chi connectivity index (χ1) is 14.6. The SMILES string of the molecule is CC[C@H](NC(=O)OC(C)(C)C)C(N)=O.N#Cc1cc2ccccc2nc1N1CCCC1. The molecule has 3 N–H and O–H groups in total. The lowest BCUT2D eigenvalue weighted by Crippen LogP contribution is -2.45. The molecule has 0 bridgehead atoms. The van der Waals surface area contributed by atoms with Crippen molar-refractivity contribution in [2.24, 2.45) is 5.73 Å². The molecule has 1 atom stereocenters. The van der Waals surface area contributed by atoms with E-state index in [0.717, 1.165) is 29.8 Å². The fourth-order valence-electron chi connectivity index (χ4n) is 3.18. The smallest absolute Gasteiger partial charge is 0.408 e. The van der Waals surface area contributed by atoms with Crippen molar-refractivity contribution in [2.75, 3.05) is 18.0 Å². The number of nitrogens with one attached hydrogen (secondary N) is 1. The molecule has 1 aliphatic rings. The topological polar surface area (TPSA) is 121 Å². The summed E-state index contributed by atoms with van der Waals surface area (Å²) >= 11 is 0. The van der Waals surface area contributed by atoms with Crippen LogP contribution >= 0.6 is 0 Å². The van der Waals surface area contributed by atoms with E-state index in [0.29, 0.717) is 12.0 Å². The number of hydrogen-bond acceptors (Lipinski definition) is 6. The number of primary amides is 1. The maximum atomic E-state index is 11.2. The van der Waals surface area contributed by atoms with E-state index in [2.05, 4.69) is 21.3 Å². The third-order valence-corrected chi connectivity index (χ3v) is 4.67. The number of ether oxygens (including phenoxy) is 1. The van der Waals surface area contributed by atoms with E-state index in [4.69, 9.17) is 10.5 Å². The highest BCUT2D eigenvalue weighted by Crippen LogP contribution is 2.25. The molecule has 1 aromatic carbocycles. The van der Waals surface area contributed by atoms with Crippen LogP contribution in [-0.4, -0.2) is 41.7 Å². The van der Waals surface area contributed by atoms with Gasteiger partial charge in [-0.1, -0.05) is 25.1 Å². The van der Waals surface area contributed by atoms with Crippen LogP contribution in [0.5, 0.6) is 0 Å². The van der Waals surface area contributed by atoms with Crippen LogP contribution in [0.1, 0.15) is 52.5 Å². The molecule has 3 rings (SSSR count). The maximum absolute atomic E-state index is 11.2. The number of pyridine rings is 1. The normalized spacial score (nSPS) is 14.2. The predicted molar refractivity (Wildman–Crippen MR) is 121 cm³/mol. The number of carbonyl (C=O) groups excluding carboxylic acids is 2. The number of benzene rings is 1. The Kier molecular flexibility index (Phi) is 8.20. The first-order valence-corrected chi connectivity index (χ1v) is 10.5. The molecule has 166 valence electrons. The largest absolute Gasteiger partial charge is 0.444 e. The van der Waals surface area contributed by atoms with Gasteiger partial charge in [0.15, 0.2) is 0 Å². The number of nitrogens with two attached hydrogens (primary N) is 1. The minimum absolute atomic E-state index is 0.453. The molecule has 0 radical (unpaired) electrons. The first-order valence-electron chi connectivity index (χ1n) is 10.5. The Labute approximate surface area is 183 Å². The Bertz CT molecular complexity index is 956.